The van der Waals surface area contributed by atoms with E-state index in [-0.39, 0.29) is 12.5 Å². The second-order valence-electron chi connectivity index (χ2n) is 7.77. The molecule has 1 amide bonds. The number of unbranched alkanes of at least 4 members (excludes halogenated alkanes) is 1. The van der Waals surface area contributed by atoms with Crippen LogP contribution in [0.1, 0.15) is 51.9 Å². The van der Waals surface area contributed by atoms with E-state index in [1.165, 1.54) is 38.8 Å². The van der Waals surface area contributed by atoms with Crippen molar-refractivity contribution in [3.63, 3.8) is 0 Å². The lowest BCUT2D eigenvalue weighted by molar-refractivity contribution is -0.127. The highest BCUT2D eigenvalue weighted by atomic mass is 16.2. The average molecular weight is 352 g/mol. The highest BCUT2D eigenvalue weighted by Gasteiger charge is 2.26. The van der Waals surface area contributed by atoms with Crippen molar-refractivity contribution in [1.82, 2.24) is 20.4 Å². The third-order valence-electron chi connectivity index (χ3n) is 5.30. The zero-order chi connectivity index (χ0) is 18.1. The molecule has 0 bridgehead atoms. The molecular formula is C19H37N5O. The molecule has 6 heteroatoms. The molecule has 1 saturated carbocycles. The van der Waals surface area contributed by atoms with Gasteiger partial charge >= 0.3 is 0 Å². The van der Waals surface area contributed by atoms with Crippen LogP contribution in [0.5, 0.6) is 0 Å². The van der Waals surface area contributed by atoms with E-state index >= 15 is 0 Å². The maximum atomic E-state index is 11.8. The molecule has 1 saturated heterocycles. The first-order valence-electron chi connectivity index (χ1n) is 10.1. The molecule has 2 N–H and O–H groups in total. The maximum absolute atomic E-state index is 11.8. The van der Waals surface area contributed by atoms with Crippen molar-refractivity contribution in [2.45, 2.75) is 57.9 Å². The number of carbonyl (C=O) groups is 1. The molecule has 2 rings (SSSR count). The van der Waals surface area contributed by atoms with E-state index in [1.807, 2.05) is 0 Å². The molecule has 2 aliphatic rings. The number of hydrogen-bond donors (Lipinski definition) is 2. The summed E-state index contributed by atoms with van der Waals surface area (Å²) in [4.78, 5) is 20.5. The number of carbonyl (C=O) groups excluding carboxylic acids is 1. The summed E-state index contributed by atoms with van der Waals surface area (Å²) >= 11 is 0. The molecule has 25 heavy (non-hydrogen) atoms. The van der Waals surface area contributed by atoms with Gasteiger partial charge in [0.15, 0.2) is 5.96 Å². The van der Waals surface area contributed by atoms with Gasteiger partial charge in [-0.25, -0.2) is 4.99 Å². The van der Waals surface area contributed by atoms with Crippen LogP contribution in [-0.4, -0.2) is 74.5 Å². The van der Waals surface area contributed by atoms with Gasteiger partial charge in [0.2, 0.25) is 5.91 Å². The zero-order valence-electron chi connectivity index (χ0n) is 16.4. The van der Waals surface area contributed by atoms with Crippen LogP contribution in [0.25, 0.3) is 0 Å². The first-order chi connectivity index (χ1) is 12.1. The summed E-state index contributed by atoms with van der Waals surface area (Å²) in [5, 5.41) is 6.93. The summed E-state index contributed by atoms with van der Waals surface area (Å²) in [5.41, 5.74) is 0. The largest absolute Gasteiger partial charge is 0.356 e. The zero-order valence-corrected chi connectivity index (χ0v) is 16.4. The van der Waals surface area contributed by atoms with Gasteiger partial charge in [-0.2, -0.15) is 0 Å². The van der Waals surface area contributed by atoms with Gasteiger partial charge in [-0.1, -0.05) is 26.2 Å². The third-order valence-corrected chi connectivity index (χ3v) is 5.30. The molecule has 1 aliphatic carbocycles. The molecule has 0 aromatic rings. The topological polar surface area (TPSA) is 60.0 Å². The second kappa shape index (κ2) is 10.6. The number of nitrogens with one attached hydrogen (secondary N) is 2. The molecule has 2 fully saturated rings. The Kier molecular flexibility index (Phi) is 8.52. The Morgan fingerprint density at radius 1 is 1.24 bits per heavy atom. The molecule has 0 aromatic carbocycles. The minimum atomic E-state index is 0.0332. The Labute approximate surface area is 153 Å². The van der Waals surface area contributed by atoms with E-state index in [1.54, 1.807) is 19.0 Å². The van der Waals surface area contributed by atoms with E-state index in [2.05, 4.69) is 27.4 Å². The van der Waals surface area contributed by atoms with Crippen LogP contribution in [0.3, 0.4) is 0 Å². The maximum Gasteiger partial charge on any atom is 0.243 e. The standard InChI is InChI=1S/C19H37N5O/c1-4-5-11-20-19(21-13-18(25)23(2)3)22-17-10-12-24(15-17)14-16-8-6-7-9-16/h16-17H,4-15H2,1-3H3,(H2,20,21,22). The van der Waals surface area contributed by atoms with Gasteiger partial charge in [-0.3, -0.25) is 4.79 Å². The quantitative estimate of drug-likeness (QED) is 0.397. The molecular weight excluding hydrogens is 314 g/mol. The summed E-state index contributed by atoms with van der Waals surface area (Å²) in [5.74, 6) is 1.73. The predicted octanol–water partition coefficient (Wildman–Crippen LogP) is 1.67. The van der Waals surface area contributed by atoms with Crippen LogP contribution < -0.4 is 10.6 Å². The molecule has 0 spiro atoms. The SMILES string of the molecule is CCCCNC(=NCC(=O)N(C)C)NC1CCN(CC2CCCC2)C1. The summed E-state index contributed by atoms with van der Waals surface area (Å²) in [6.45, 7) is 6.80. The van der Waals surface area contributed by atoms with Gasteiger partial charge in [0, 0.05) is 46.3 Å². The molecule has 1 atom stereocenters. The van der Waals surface area contributed by atoms with Gasteiger partial charge in [0.1, 0.15) is 6.54 Å². The lowest BCUT2D eigenvalue weighted by Crippen LogP contribution is -2.45. The number of nitrogens with zero attached hydrogens (tertiary/aromatic N) is 3. The summed E-state index contributed by atoms with van der Waals surface area (Å²) in [6, 6.07) is 0.434. The molecule has 1 aliphatic heterocycles. The Balaban J connectivity index is 1.80. The number of amides is 1. The monoisotopic (exact) mass is 351 g/mol. The number of rotatable bonds is 8. The van der Waals surface area contributed by atoms with Crippen molar-refractivity contribution in [3.05, 3.63) is 0 Å². The average Bonchev–Trinajstić information content (AvgIpc) is 3.24. The van der Waals surface area contributed by atoms with Crippen LogP contribution in [0.15, 0.2) is 4.99 Å². The number of likely N-dealkylation sites (tertiary alicyclic amines) is 1. The Morgan fingerprint density at radius 3 is 2.68 bits per heavy atom. The van der Waals surface area contributed by atoms with E-state index in [0.29, 0.717) is 6.04 Å². The highest BCUT2D eigenvalue weighted by molar-refractivity contribution is 5.84. The Bertz CT molecular complexity index is 432. The Morgan fingerprint density at radius 2 is 2.00 bits per heavy atom. The van der Waals surface area contributed by atoms with Gasteiger partial charge in [-0.05, 0) is 31.6 Å². The third kappa shape index (κ3) is 7.22. The predicted molar refractivity (Wildman–Crippen MR) is 104 cm³/mol. The summed E-state index contributed by atoms with van der Waals surface area (Å²) in [6.07, 6.45) is 9.06. The molecule has 144 valence electrons. The van der Waals surface area contributed by atoms with Crippen molar-refractivity contribution < 1.29 is 4.79 Å². The van der Waals surface area contributed by atoms with E-state index < -0.39 is 0 Å². The van der Waals surface area contributed by atoms with Gasteiger partial charge < -0.3 is 20.4 Å². The van der Waals surface area contributed by atoms with Gasteiger partial charge in [-0.15, -0.1) is 0 Å². The van der Waals surface area contributed by atoms with E-state index in [9.17, 15) is 4.79 Å². The second-order valence-corrected chi connectivity index (χ2v) is 7.77. The molecule has 1 unspecified atom stereocenters. The minimum Gasteiger partial charge on any atom is -0.356 e. The van der Waals surface area contributed by atoms with Crippen molar-refractivity contribution in [2.75, 3.05) is 46.8 Å². The van der Waals surface area contributed by atoms with E-state index in [4.69, 9.17) is 0 Å². The molecule has 0 aromatic heterocycles. The first kappa shape index (κ1) is 20.0. The fourth-order valence-corrected chi connectivity index (χ4v) is 3.69. The van der Waals surface area contributed by atoms with Gasteiger partial charge in [0.25, 0.3) is 0 Å². The van der Waals surface area contributed by atoms with Crippen LogP contribution in [-0.2, 0) is 4.79 Å². The number of likely N-dealkylation sites (N-methyl/N-ethyl adjacent to an activating group) is 1. The van der Waals surface area contributed by atoms with Crippen LogP contribution in [0.4, 0.5) is 0 Å². The fraction of sp³-hybridized carbons (Fsp3) is 0.895. The van der Waals surface area contributed by atoms with Crippen molar-refractivity contribution in [1.29, 1.82) is 0 Å². The molecule has 6 nitrogen and oxygen atoms in total. The van der Waals surface area contributed by atoms with Crippen molar-refractivity contribution in [3.8, 4) is 0 Å². The lowest BCUT2D eigenvalue weighted by atomic mass is 10.1. The van der Waals surface area contributed by atoms with Crippen molar-refractivity contribution in [2.24, 2.45) is 10.9 Å². The van der Waals surface area contributed by atoms with E-state index in [0.717, 1.165) is 44.2 Å². The fourth-order valence-electron chi connectivity index (χ4n) is 3.69. The molecule has 0 radical (unpaired) electrons. The molecule has 1 heterocycles. The van der Waals surface area contributed by atoms with Crippen molar-refractivity contribution >= 4 is 11.9 Å². The normalized spacial score (nSPS) is 22.4. The number of guanidine groups is 1. The van der Waals surface area contributed by atoms with Crippen LogP contribution in [0, 0.1) is 5.92 Å². The summed E-state index contributed by atoms with van der Waals surface area (Å²) < 4.78 is 0. The first-order valence-corrected chi connectivity index (χ1v) is 10.1. The Hall–Kier alpha value is -1.30. The number of hydrogen-bond acceptors (Lipinski definition) is 3. The number of aliphatic imine (C=N–C) groups is 1. The smallest absolute Gasteiger partial charge is 0.243 e. The van der Waals surface area contributed by atoms with Crippen LogP contribution in [0.2, 0.25) is 0 Å². The summed E-state index contributed by atoms with van der Waals surface area (Å²) in [7, 11) is 3.54. The van der Waals surface area contributed by atoms with Gasteiger partial charge in [0.05, 0.1) is 0 Å². The highest BCUT2D eigenvalue weighted by Crippen LogP contribution is 2.26. The minimum absolute atomic E-state index is 0.0332. The van der Waals surface area contributed by atoms with Crippen LogP contribution >= 0.6 is 0 Å². The lowest BCUT2D eigenvalue weighted by Gasteiger charge is -2.21.